The van der Waals surface area contributed by atoms with E-state index in [-0.39, 0.29) is 6.10 Å². The molecule has 1 aromatic carbocycles. The van der Waals surface area contributed by atoms with Crippen LogP contribution in [0.5, 0.6) is 0 Å². The maximum Gasteiger partial charge on any atom is 0.0543 e. The number of aryl methyl sites for hydroxylation is 1. The zero-order valence-electron chi connectivity index (χ0n) is 15.1. The Bertz CT molecular complexity index is 604. The van der Waals surface area contributed by atoms with Crippen LogP contribution in [0.3, 0.4) is 0 Å². The van der Waals surface area contributed by atoms with E-state index in [1.54, 1.807) is 16.7 Å². The quantitative estimate of drug-likeness (QED) is 0.759. The van der Waals surface area contributed by atoms with E-state index in [1.807, 2.05) is 0 Å². The van der Waals surface area contributed by atoms with Crippen LogP contribution >= 0.6 is 0 Å². The Balaban J connectivity index is 1.72. The van der Waals surface area contributed by atoms with Gasteiger partial charge in [-0.25, -0.2) is 0 Å². The predicted molar refractivity (Wildman–Crippen MR) is 95.8 cm³/mol. The van der Waals surface area contributed by atoms with E-state index in [4.69, 9.17) is 0 Å². The molecule has 0 heterocycles. The minimum Gasteiger partial charge on any atom is -0.393 e. The average Bonchev–Trinajstić information content (AvgIpc) is 2.55. The van der Waals surface area contributed by atoms with Crippen molar-refractivity contribution in [2.24, 2.45) is 17.3 Å². The number of hydrogen-bond donors (Lipinski definition) is 1. The summed E-state index contributed by atoms with van der Waals surface area (Å²) >= 11 is 0. The second kappa shape index (κ2) is 5.62. The first-order chi connectivity index (χ1) is 11.0. The molecule has 0 spiro atoms. The molecule has 2 fully saturated rings. The van der Waals surface area contributed by atoms with E-state index in [0.29, 0.717) is 5.41 Å². The normalized spacial score (nSPS) is 39.3. The molecule has 4 rings (SSSR count). The van der Waals surface area contributed by atoms with Gasteiger partial charge in [0.25, 0.3) is 0 Å². The predicted octanol–water partition coefficient (Wildman–Crippen LogP) is 5.16. The minimum atomic E-state index is -0.0326. The number of fused-ring (bicyclic) bond motifs is 5. The molecule has 5 atom stereocenters. The molecule has 0 bridgehead atoms. The average molecular weight is 312 g/mol. The molecule has 3 aliphatic carbocycles. The molecule has 0 unspecified atom stereocenters. The first-order valence-corrected chi connectivity index (χ1v) is 9.84. The van der Waals surface area contributed by atoms with Crippen molar-refractivity contribution in [2.75, 3.05) is 0 Å². The van der Waals surface area contributed by atoms with Gasteiger partial charge in [-0.3, -0.25) is 0 Å². The lowest BCUT2D eigenvalue weighted by Crippen LogP contribution is -2.48. The van der Waals surface area contributed by atoms with Crippen molar-refractivity contribution in [1.82, 2.24) is 0 Å². The monoisotopic (exact) mass is 312 g/mol. The highest BCUT2D eigenvalue weighted by molar-refractivity contribution is 5.45. The molecule has 23 heavy (non-hydrogen) atoms. The molecule has 126 valence electrons. The van der Waals surface area contributed by atoms with Gasteiger partial charge in [-0.15, -0.1) is 0 Å². The van der Waals surface area contributed by atoms with Gasteiger partial charge in [0.2, 0.25) is 0 Å². The van der Waals surface area contributed by atoms with Gasteiger partial charge >= 0.3 is 0 Å². The number of benzene rings is 1. The fourth-order valence-corrected chi connectivity index (χ4v) is 6.54. The van der Waals surface area contributed by atoms with E-state index < -0.39 is 0 Å². The van der Waals surface area contributed by atoms with Crippen molar-refractivity contribution in [1.29, 1.82) is 0 Å². The highest BCUT2D eigenvalue weighted by atomic mass is 16.3. The molecule has 0 aliphatic heterocycles. The van der Waals surface area contributed by atoms with Gasteiger partial charge in [-0.05, 0) is 104 Å². The maximum atomic E-state index is 10.1. The third-order valence-corrected chi connectivity index (χ3v) is 7.82. The van der Waals surface area contributed by atoms with Gasteiger partial charge in [0, 0.05) is 0 Å². The van der Waals surface area contributed by atoms with Crippen molar-refractivity contribution in [2.45, 2.75) is 84.2 Å². The van der Waals surface area contributed by atoms with Gasteiger partial charge in [-0.2, -0.15) is 0 Å². The van der Waals surface area contributed by atoms with Crippen LogP contribution in [0.2, 0.25) is 0 Å². The topological polar surface area (TPSA) is 20.2 Å². The van der Waals surface area contributed by atoms with E-state index in [2.05, 4.69) is 32.9 Å². The summed E-state index contributed by atoms with van der Waals surface area (Å²) < 4.78 is 0. The molecular formula is C22H32O. The maximum absolute atomic E-state index is 10.1. The molecule has 0 aromatic heterocycles. The van der Waals surface area contributed by atoms with Crippen molar-refractivity contribution in [3.8, 4) is 0 Å². The molecule has 1 N–H and O–H groups in total. The Kier molecular flexibility index (Phi) is 3.83. The molecule has 1 aromatic rings. The van der Waals surface area contributed by atoms with Crippen LogP contribution in [0, 0.1) is 24.2 Å². The van der Waals surface area contributed by atoms with E-state index in [0.717, 1.165) is 30.6 Å². The highest BCUT2D eigenvalue weighted by Gasteiger charge is 2.51. The van der Waals surface area contributed by atoms with Crippen molar-refractivity contribution >= 4 is 0 Å². The molecule has 2 saturated carbocycles. The molecule has 0 amide bonds. The Morgan fingerprint density at radius 2 is 2.00 bits per heavy atom. The molecule has 1 nitrogen and oxygen atoms in total. The van der Waals surface area contributed by atoms with Crippen molar-refractivity contribution < 1.29 is 5.11 Å². The summed E-state index contributed by atoms with van der Waals surface area (Å²) in [4.78, 5) is 0. The van der Waals surface area contributed by atoms with Crippen LogP contribution in [0.1, 0.15) is 80.5 Å². The van der Waals surface area contributed by atoms with E-state index >= 15 is 0 Å². The Morgan fingerprint density at radius 3 is 2.78 bits per heavy atom. The Labute approximate surface area is 141 Å². The van der Waals surface area contributed by atoms with Gasteiger partial charge in [-0.1, -0.05) is 26.0 Å². The fourth-order valence-electron chi connectivity index (χ4n) is 6.54. The first-order valence-electron chi connectivity index (χ1n) is 9.84. The summed E-state index contributed by atoms with van der Waals surface area (Å²) in [6, 6.07) is 4.83. The Hall–Kier alpha value is -0.820. The second-order valence-electron chi connectivity index (χ2n) is 8.74. The zero-order valence-corrected chi connectivity index (χ0v) is 15.1. The number of aliphatic hydroxyl groups excluding tert-OH is 1. The number of hydrogen-bond acceptors (Lipinski definition) is 1. The van der Waals surface area contributed by atoms with Gasteiger partial charge in [0.1, 0.15) is 0 Å². The largest absolute Gasteiger partial charge is 0.393 e. The lowest BCUT2D eigenvalue weighted by atomic mass is 9.49. The first kappa shape index (κ1) is 15.7. The van der Waals surface area contributed by atoms with Crippen LogP contribution in [-0.4, -0.2) is 11.2 Å². The van der Waals surface area contributed by atoms with Crippen LogP contribution in [0.25, 0.3) is 0 Å². The van der Waals surface area contributed by atoms with Crippen LogP contribution in [-0.2, 0) is 12.8 Å². The second-order valence-corrected chi connectivity index (χ2v) is 8.74. The molecule has 1 heteroatoms. The molecule has 0 radical (unpaired) electrons. The lowest BCUT2D eigenvalue weighted by molar-refractivity contribution is -0.0606. The standard InChI is InChI=1S/C22H32O/c1-4-17-14(2)5-7-19-18(17)9-10-21-20(19)8-6-15-13-16(23)11-12-22(15,21)3/h5,7,15-16,20-21,23H,4,6,8-13H2,1-3H3/t15-,16+,20-,21+,22+/m1/s1. The number of aliphatic hydroxyl groups is 1. The van der Waals surface area contributed by atoms with Gasteiger partial charge < -0.3 is 5.11 Å². The smallest absolute Gasteiger partial charge is 0.0543 e. The summed E-state index contributed by atoms with van der Waals surface area (Å²) in [6.45, 7) is 7.15. The van der Waals surface area contributed by atoms with Crippen LogP contribution in [0.4, 0.5) is 0 Å². The minimum absolute atomic E-state index is 0.0326. The summed E-state index contributed by atoms with van der Waals surface area (Å²) in [5.74, 6) is 2.37. The van der Waals surface area contributed by atoms with E-state index in [1.165, 1.54) is 44.1 Å². The summed E-state index contributed by atoms with van der Waals surface area (Å²) in [5.41, 5.74) is 6.98. The molecule has 0 saturated heterocycles. The van der Waals surface area contributed by atoms with Crippen LogP contribution < -0.4 is 0 Å². The summed E-state index contributed by atoms with van der Waals surface area (Å²) in [5, 5.41) is 10.1. The summed E-state index contributed by atoms with van der Waals surface area (Å²) in [7, 11) is 0. The third kappa shape index (κ3) is 2.30. The third-order valence-electron chi connectivity index (χ3n) is 7.82. The molecule has 3 aliphatic rings. The SMILES string of the molecule is CCc1c(C)ccc2c1CC[C@H]1[C@@H]2CC[C@@H]2C[C@@H](O)CC[C@@]21C. The fraction of sp³-hybridized carbons (Fsp3) is 0.727. The van der Waals surface area contributed by atoms with Crippen molar-refractivity contribution in [3.63, 3.8) is 0 Å². The van der Waals surface area contributed by atoms with Crippen molar-refractivity contribution in [3.05, 3.63) is 34.4 Å². The molecular weight excluding hydrogens is 280 g/mol. The lowest BCUT2D eigenvalue weighted by Gasteiger charge is -2.56. The Morgan fingerprint density at radius 1 is 1.17 bits per heavy atom. The highest BCUT2D eigenvalue weighted by Crippen LogP contribution is 2.61. The zero-order chi connectivity index (χ0) is 16.2. The van der Waals surface area contributed by atoms with Gasteiger partial charge in [0.05, 0.1) is 6.10 Å². The van der Waals surface area contributed by atoms with Crippen LogP contribution in [0.15, 0.2) is 12.1 Å². The summed E-state index contributed by atoms with van der Waals surface area (Å²) in [6.07, 6.45) is 9.79. The number of rotatable bonds is 1. The van der Waals surface area contributed by atoms with Gasteiger partial charge in [0.15, 0.2) is 0 Å². The van der Waals surface area contributed by atoms with E-state index in [9.17, 15) is 5.11 Å².